The highest BCUT2D eigenvalue weighted by Crippen LogP contribution is 2.17. The minimum Gasteiger partial charge on any atom is -0.480 e. The van der Waals surface area contributed by atoms with Gasteiger partial charge in [-0.1, -0.05) is 12.8 Å². The lowest BCUT2D eigenvalue weighted by atomic mass is 10.2. The van der Waals surface area contributed by atoms with Crippen LogP contribution in [-0.2, 0) is 9.59 Å². The molecule has 0 heterocycles. The summed E-state index contributed by atoms with van der Waals surface area (Å²) in [5.74, 6) is -1.37. The van der Waals surface area contributed by atoms with Gasteiger partial charge in [-0.05, 0) is 19.8 Å². The maximum Gasteiger partial charge on any atom is 0.325 e. The monoisotopic (exact) mass is 257 g/mol. The lowest BCUT2D eigenvalue weighted by Gasteiger charge is -2.13. The zero-order valence-corrected chi connectivity index (χ0v) is 10.4. The quantitative estimate of drug-likeness (QED) is 0.548. The average Bonchev–Trinajstić information content (AvgIpc) is 2.79. The van der Waals surface area contributed by atoms with E-state index >= 15 is 0 Å². The third-order valence-electron chi connectivity index (χ3n) is 2.85. The highest BCUT2D eigenvalue weighted by molar-refractivity contribution is 5.86. The fourth-order valence-corrected chi connectivity index (χ4v) is 1.82. The third kappa shape index (κ3) is 5.03. The third-order valence-corrected chi connectivity index (χ3v) is 2.85. The fourth-order valence-electron chi connectivity index (χ4n) is 1.82. The maximum atomic E-state index is 11.5. The van der Waals surface area contributed by atoms with E-state index in [-0.39, 0.29) is 18.5 Å². The van der Waals surface area contributed by atoms with Crippen molar-refractivity contribution in [3.8, 4) is 0 Å². The van der Waals surface area contributed by atoms with Gasteiger partial charge in [-0.15, -0.1) is 0 Å². The summed E-state index contributed by atoms with van der Waals surface area (Å²) in [5.41, 5.74) is 0. The number of nitrogens with one attached hydrogen (secondary N) is 3. The Balaban J connectivity index is 2.17. The second-order valence-electron chi connectivity index (χ2n) is 4.44. The number of carbonyl (C=O) groups is 3. The van der Waals surface area contributed by atoms with Crippen LogP contribution in [-0.4, -0.2) is 41.6 Å². The topological polar surface area (TPSA) is 108 Å². The normalized spacial score (nSPS) is 16.9. The molecule has 0 spiro atoms. The molecule has 102 valence electrons. The highest BCUT2D eigenvalue weighted by atomic mass is 16.4. The Labute approximate surface area is 105 Å². The van der Waals surface area contributed by atoms with E-state index in [1.54, 1.807) is 0 Å². The van der Waals surface area contributed by atoms with Gasteiger partial charge in [0.05, 0.1) is 6.54 Å². The van der Waals surface area contributed by atoms with Crippen LogP contribution in [0.5, 0.6) is 0 Å². The summed E-state index contributed by atoms with van der Waals surface area (Å²) in [6.45, 7) is 1.20. The minimum atomic E-state index is -1.12. The van der Waals surface area contributed by atoms with Crippen molar-refractivity contribution in [2.75, 3.05) is 6.54 Å². The molecule has 1 saturated carbocycles. The zero-order chi connectivity index (χ0) is 13.5. The van der Waals surface area contributed by atoms with Crippen LogP contribution in [0.2, 0.25) is 0 Å². The molecule has 7 heteroatoms. The van der Waals surface area contributed by atoms with E-state index in [0.717, 1.165) is 25.7 Å². The molecule has 0 aromatic carbocycles. The van der Waals surface area contributed by atoms with Gasteiger partial charge in [0.2, 0.25) is 5.91 Å². The lowest BCUT2D eigenvalue weighted by molar-refractivity contribution is -0.138. The molecule has 0 aliphatic heterocycles. The van der Waals surface area contributed by atoms with Crippen LogP contribution in [0, 0.1) is 0 Å². The molecule has 3 amide bonds. The molecule has 0 radical (unpaired) electrons. The van der Waals surface area contributed by atoms with Crippen LogP contribution in [0.1, 0.15) is 32.6 Å². The van der Waals surface area contributed by atoms with Crippen LogP contribution in [0.25, 0.3) is 0 Å². The molecule has 1 fully saturated rings. The minimum absolute atomic E-state index is 0.144. The summed E-state index contributed by atoms with van der Waals surface area (Å²) in [4.78, 5) is 33.2. The second kappa shape index (κ2) is 6.83. The number of urea groups is 1. The number of carbonyl (C=O) groups excluding carboxylic acids is 2. The molecule has 0 bridgehead atoms. The molecule has 18 heavy (non-hydrogen) atoms. The average molecular weight is 257 g/mol. The van der Waals surface area contributed by atoms with Crippen LogP contribution in [0.3, 0.4) is 0 Å². The summed E-state index contributed by atoms with van der Waals surface area (Å²) in [6.07, 6.45) is 4.20. The molecule has 1 unspecified atom stereocenters. The number of carboxylic acid groups (broad SMARTS) is 1. The van der Waals surface area contributed by atoms with Crippen molar-refractivity contribution in [3.63, 3.8) is 0 Å². The molecule has 4 N–H and O–H groups in total. The van der Waals surface area contributed by atoms with Crippen LogP contribution >= 0.6 is 0 Å². The van der Waals surface area contributed by atoms with E-state index < -0.39 is 18.0 Å². The standard InChI is InChI=1S/C11H19N3O4/c1-7(10(16)17)13-11(18)12-6-9(15)14-8-4-2-3-5-8/h7-8H,2-6H2,1H3,(H,14,15)(H,16,17)(H2,12,13,18). The Kier molecular flexibility index (Phi) is 5.41. The Morgan fingerprint density at radius 3 is 2.44 bits per heavy atom. The molecule has 1 rings (SSSR count). The molecule has 7 nitrogen and oxygen atoms in total. The largest absolute Gasteiger partial charge is 0.480 e. The fraction of sp³-hybridized carbons (Fsp3) is 0.727. The molecular formula is C11H19N3O4. The second-order valence-corrected chi connectivity index (χ2v) is 4.44. The van der Waals surface area contributed by atoms with Crippen molar-refractivity contribution < 1.29 is 19.5 Å². The first-order chi connectivity index (χ1) is 8.49. The summed E-state index contributed by atoms with van der Waals surface area (Å²) < 4.78 is 0. The molecule has 0 aromatic rings. The van der Waals surface area contributed by atoms with Gasteiger partial charge in [-0.3, -0.25) is 9.59 Å². The van der Waals surface area contributed by atoms with Crippen LogP contribution in [0.4, 0.5) is 4.79 Å². The van der Waals surface area contributed by atoms with Gasteiger partial charge < -0.3 is 21.1 Å². The number of hydrogen-bond donors (Lipinski definition) is 4. The van der Waals surface area contributed by atoms with Gasteiger partial charge in [-0.2, -0.15) is 0 Å². The first kappa shape index (κ1) is 14.3. The van der Waals surface area contributed by atoms with Crippen molar-refractivity contribution in [1.29, 1.82) is 0 Å². The predicted octanol–water partition coefficient (Wildman–Crippen LogP) is -0.182. The first-order valence-corrected chi connectivity index (χ1v) is 6.05. The molecule has 1 atom stereocenters. The number of carboxylic acids is 1. The lowest BCUT2D eigenvalue weighted by Crippen LogP contribution is -2.48. The van der Waals surface area contributed by atoms with Crippen LogP contribution < -0.4 is 16.0 Å². The Hall–Kier alpha value is -1.79. The summed E-state index contributed by atoms with van der Waals surface area (Å²) in [5, 5.41) is 15.9. The number of aliphatic carboxylic acids is 1. The molecule has 1 aliphatic carbocycles. The van der Waals surface area contributed by atoms with Gasteiger partial charge >= 0.3 is 12.0 Å². The van der Waals surface area contributed by atoms with Crippen molar-refractivity contribution in [3.05, 3.63) is 0 Å². The summed E-state index contributed by atoms with van der Waals surface area (Å²) in [7, 11) is 0. The van der Waals surface area contributed by atoms with E-state index in [4.69, 9.17) is 5.11 Å². The van der Waals surface area contributed by atoms with Crippen molar-refractivity contribution in [2.45, 2.75) is 44.7 Å². The Morgan fingerprint density at radius 1 is 1.28 bits per heavy atom. The van der Waals surface area contributed by atoms with E-state index in [0.29, 0.717) is 0 Å². The Bertz CT molecular complexity index is 326. The SMILES string of the molecule is CC(NC(=O)NCC(=O)NC1CCCC1)C(=O)O. The molecular weight excluding hydrogens is 238 g/mol. The van der Waals surface area contributed by atoms with Gasteiger partial charge in [0.25, 0.3) is 0 Å². The van der Waals surface area contributed by atoms with Crippen molar-refractivity contribution in [1.82, 2.24) is 16.0 Å². The summed E-state index contributed by atoms with van der Waals surface area (Å²) >= 11 is 0. The van der Waals surface area contributed by atoms with E-state index in [1.165, 1.54) is 6.92 Å². The molecule has 0 aromatic heterocycles. The van der Waals surface area contributed by atoms with E-state index in [1.807, 2.05) is 0 Å². The van der Waals surface area contributed by atoms with Gasteiger partial charge in [0.1, 0.15) is 6.04 Å². The van der Waals surface area contributed by atoms with E-state index in [9.17, 15) is 14.4 Å². The highest BCUT2D eigenvalue weighted by Gasteiger charge is 2.18. The predicted molar refractivity (Wildman–Crippen MR) is 64.0 cm³/mol. The van der Waals surface area contributed by atoms with Crippen molar-refractivity contribution >= 4 is 17.9 Å². The smallest absolute Gasteiger partial charge is 0.325 e. The van der Waals surface area contributed by atoms with Gasteiger partial charge in [0.15, 0.2) is 0 Å². The molecule has 0 saturated heterocycles. The number of rotatable bonds is 5. The maximum absolute atomic E-state index is 11.5. The number of amides is 3. The summed E-state index contributed by atoms with van der Waals surface area (Å²) in [6, 6.07) is -1.44. The van der Waals surface area contributed by atoms with Crippen LogP contribution in [0.15, 0.2) is 0 Å². The first-order valence-electron chi connectivity index (χ1n) is 6.05. The zero-order valence-electron chi connectivity index (χ0n) is 10.4. The van der Waals surface area contributed by atoms with Crippen molar-refractivity contribution in [2.24, 2.45) is 0 Å². The van der Waals surface area contributed by atoms with E-state index in [2.05, 4.69) is 16.0 Å². The van der Waals surface area contributed by atoms with Gasteiger partial charge in [-0.25, -0.2) is 4.79 Å². The molecule has 1 aliphatic rings. The number of hydrogen-bond acceptors (Lipinski definition) is 3. The van der Waals surface area contributed by atoms with Gasteiger partial charge in [0, 0.05) is 6.04 Å². The Morgan fingerprint density at radius 2 is 1.89 bits per heavy atom.